The van der Waals surface area contributed by atoms with Gasteiger partial charge in [-0.05, 0) is 50.2 Å². The number of hydrogen-bond donors (Lipinski definition) is 1. The second kappa shape index (κ2) is 6.35. The highest BCUT2D eigenvalue weighted by molar-refractivity contribution is 7.07. The van der Waals surface area contributed by atoms with Crippen LogP contribution in [0.5, 0.6) is 0 Å². The normalized spacial score (nSPS) is 20.6. The molecule has 0 spiro atoms. The Labute approximate surface area is 121 Å². The Balaban J connectivity index is 1.83. The summed E-state index contributed by atoms with van der Waals surface area (Å²) in [6.07, 6.45) is 0. The summed E-state index contributed by atoms with van der Waals surface area (Å²) in [6.45, 7) is 12.7. The van der Waals surface area contributed by atoms with Crippen molar-refractivity contribution in [2.75, 3.05) is 39.8 Å². The fraction of sp³-hybridized carbons (Fsp3) is 0.733. The molecule has 4 heteroatoms. The topological polar surface area (TPSA) is 18.5 Å². The van der Waals surface area contributed by atoms with Gasteiger partial charge in [-0.2, -0.15) is 11.3 Å². The third-order valence-corrected chi connectivity index (χ3v) is 4.94. The minimum Gasteiger partial charge on any atom is -0.308 e. The van der Waals surface area contributed by atoms with Crippen LogP contribution in [0.15, 0.2) is 16.8 Å². The van der Waals surface area contributed by atoms with Gasteiger partial charge in [-0.15, -0.1) is 0 Å². The minimum atomic E-state index is 0.228. The predicted octanol–water partition coefficient (Wildman–Crippen LogP) is 2.42. The first kappa shape index (κ1) is 15.0. The fourth-order valence-electron chi connectivity index (χ4n) is 2.57. The number of nitrogens with one attached hydrogen (secondary N) is 1. The molecule has 1 fully saturated rings. The molecule has 1 aliphatic rings. The van der Waals surface area contributed by atoms with Crippen LogP contribution in [-0.4, -0.2) is 55.1 Å². The highest BCUT2D eigenvalue weighted by Gasteiger charge is 2.29. The summed E-state index contributed by atoms with van der Waals surface area (Å²) in [5, 5.41) is 8.07. The maximum absolute atomic E-state index is 3.69. The van der Waals surface area contributed by atoms with Crippen molar-refractivity contribution in [2.24, 2.45) is 0 Å². The quantitative estimate of drug-likeness (QED) is 0.894. The van der Waals surface area contributed by atoms with Crippen molar-refractivity contribution < 1.29 is 0 Å². The molecule has 0 aromatic carbocycles. The summed E-state index contributed by atoms with van der Waals surface area (Å²) in [6, 6.07) is 2.66. The highest BCUT2D eigenvalue weighted by atomic mass is 32.1. The first-order valence-electron chi connectivity index (χ1n) is 7.18. The molecule has 3 nitrogen and oxygen atoms in total. The molecule has 1 unspecified atom stereocenters. The lowest BCUT2D eigenvalue weighted by atomic mass is 10.0. The van der Waals surface area contributed by atoms with Crippen LogP contribution in [0.25, 0.3) is 0 Å². The van der Waals surface area contributed by atoms with E-state index in [0.29, 0.717) is 6.04 Å². The van der Waals surface area contributed by atoms with E-state index >= 15 is 0 Å². The zero-order chi connectivity index (χ0) is 13.9. The third-order valence-electron chi connectivity index (χ3n) is 4.24. The molecule has 1 aromatic heterocycles. The molecule has 0 amide bonds. The molecule has 0 bridgehead atoms. The molecular weight excluding hydrogens is 254 g/mol. The Morgan fingerprint density at radius 3 is 2.58 bits per heavy atom. The van der Waals surface area contributed by atoms with Gasteiger partial charge >= 0.3 is 0 Å². The Bertz CT molecular complexity index is 367. The van der Waals surface area contributed by atoms with Crippen molar-refractivity contribution in [3.63, 3.8) is 0 Å². The van der Waals surface area contributed by atoms with Crippen LogP contribution < -0.4 is 5.32 Å². The van der Waals surface area contributed by atoms with E-state index in [9.17, 15) is 0 Å². The van der Waals surface area contributed by atoms with Gasteiger partial charge in [0.15, 0.2) is 0 Å². The molecule has 0 radical (unpaired) electrons. The van der Waals surface area contributed by atoms with Crippen LogP contribution in [0.1, 0.15) is 32.4 Å². The predicted molar refractivity (Wildman–Crippen MR) is 83.9 cm³/mol. The Hall–Kier alpha value is -0.420. The number of thiophene rings is 1. The first-order chi connectivity index (χ1) is 8.99. The van der Waals surface area contributed by atoms with Crippen molar-refractivity contribution in [1.82, 2.24) is 15.1 Å². The van der Waals surface area contributed by atoms with Crippen molar-refractivity contribution in [2.45, 2.75) is 32.4 Å². The van der Waals surface area contributed by atoms with Gasteiger partial charge in [-0.3, -0.25) is 4.90 Å². The average molecular weight is 281 g/mol. The molecule has 0 saturated carbocycles. The minimum absolute atomic E-state index is 0.228. The van der Waals surface area contributed by atoms with Crippen molar-refractivity contribution in [1.29, 1.82) is 0 Å². The lowest BCUT2D eigenvalue weighted by molar-refractivity contribution is 0.0605. The fourth-order valence-corrected chi connectivity index (χ4v) is 3.32. The van der Waals surface area contributed by atoms with E-state index in [0.717, 1.165) is 6.54 Å². The molecule has 108 valence electrons. The largest absolute Gasteiger partial charge is 0.308 e. The molecule has 1 aliphatic heterocycles. The van der Waals surface area contributed by atoms with Crippen LogP contribution in [-0.2, 0) is 0 Å². The van der Waals surface area contributed by atoms with Crippen molar-refractivity contribution in [3.05, 3.63) is 22.4 Å². The lowest BCUT2D eigenvalue weighted by Crippen LogP contribution is -2.57. The summed E-state index contributed by atoms with van der Waals surface area (Å²) in [5.74, 6) is 0. The Morgan fingerprint density at radius 1 is 1.32 bits per heavy atom. The lowest BCUT2D eigenvalue weighted by Gasteiger charge is -2.43. The van der Waals surface area contributed by atoms with Gasteiger partial charge in [0, 0.05) is 44.3 Å². The molecule has 1 N–H and O–H groups in total. The van der Waals surface area contributed by atoms with E-state index in [1.165, 1.54) is 31.7 Å². The number of nitrogens with zero attached hydrogens (tertiary/aromatic N) is 2. The summed E-state index contributed by atoms with van der Waals surface area (Å²) in [7, 11) is 2.21. The molecule has 1 aromatic rings. The summed E-state index contributed by atoms with van der Waals surface area (Å²) < 4.78 is 0. The van der Waals surface area contributed by atoms with E-state index in [1.807, 2.05) is 0 Å². The van der Waals surface area contributed by atoms with E-state index in [1.54, 1.807) is 11.3 Å². The van der Waals surface area contributed by atoms with E-state index in [-0.39, 0.29) is 5.54 Å². The van der Waals surface area contributed by atoms with Crippen LogP contribution in [0.2, 0.25) is 0 Å². The van der Waals surface area contributed by atoms with Crippen LogP contribution >= 0.6 is 11.3 Å². The molecule has 2 heterocycles. The van der Waals surface area contributed by atoms with E-state index < -0.39 is 0 Å². The van der Waals surface area contributed by atoms with E-state index in [2.05, 4.69) is 59.8 Å². The molecule has 1 atom stereocenters. The van der Waals surface area contributed by atoms with Crippen LogP contribution in [0.4, 0.5) is 0 Å². The highest BCUT2D eigenvalue weighted by Crippen LogP contribution is 2.19. The first-order valence-corrected chi connectivity index (χ1v) is 8.12. The van der Waals surface area contributed by atoms with Crippen LogP contribution in [0, 0.1) is 0 Å². The second-order valence-corrected chi connectivity index (χ2v) is 7.04. The maximum Gasteiger partial charge on any atom is 0.0300 e. The van der Waals surface area contributed by atoms with Gasteiger partial charge < -0.3 is 10.2 Å². The van der Waals surface area contributed by atoms with Gasteiger partial charge in [0.25, 0.3) is 0 Å². The molecular formula is C15H27N3S. The maximum atomic E-state index is 3.69. The average Bonchev–Trinajstić information content (AvgIpc) is 2.90. The van der Waals surface area contributed by atoms with Gasteiger partial charge in [-0.25, -0.2) is 0 Å². The number of rotatable bonds is 5. The third kappa shape index (κ3) is 4.02. The van der Waals surface area contributed by atoms with Gasteiger partial charge in [0.2, 0.25) is 0 Å². The molecule has 2 rings (SSSR count). The van der Waals surface area contributed by atoms with Crippen LogP contribution in [0.3, 0.4) is 0 Å². The number of piperazine rings is 1. The van der Waals surface area contributed by atoms with Gasteiger partial charge in [0.1, 0.15) is 0 Å². The molecule has 0 aliphatic carbocycles. The number of hydrogen-bond acceptors (Lipinski definition) is 4. The second-order valence-electron chi connectivity index (χ2n) is 6.26. The summed E-state index contributed by atoms with van der Waals surface area (Å²) in [4.78, 5) is 5.02. The molecule has 19 heavy (non-hydrogen) atoms. The smallest absolute Gasteiger partial charge is 0.0300 e. The van der Waals surface area contributed by atoms with E-state index in [4.69, 9.17) is 0 Å². The standard InChI is InChI=1S/C15H27N3S/c1-13(14-5-10-19-11-14)16-12-15(2,3)18-8-6-17(4)7-9-18/h5,10-11,13,16H,6-9,12H2,1-4H3. The monoisotopic (exact) mass is 281 g/mol. The molecule has 1 saturated heterocycles. The van der Waals surface area contributed by atoms with Gasteiger partial charge in [0.05, 0.1) is 0 Å². The summed E-state index contributed by atoms with van der Waals surface area (Å²) >= 11 is 1.77. The van der Waals surface area contributed by atoms with Crippen molar-refractivity contribution >= 4 is 11.3 Å². The zero-order valence-corrected chi connectivity index (χ0v) is 13.5. The zero-order valence-electron chi connectivity index (χ0n) is 12.6. The Kier molecular flexibility index (Phi) is 5.01. The van der Waals surface area contributed by atoms with Crippen molar-refractivity contribution in [3.8, 4) is 0 Å². The SMILES string of the molecule is CC(NCC(C)(C)N1CCN(C)CC1)c1ccsc1. The summed E-state index contributed by atoms with van der Waals surface area (Å²) in [5.41, 5.74) is 1.63. The van der Waals surface area contributed by atoms with Gasteiger partial charge in [-0.1, -0.05) is 0 Å². The Morgan fingerprint density at radius 2 is 2.00 bits per heavy atom. The number of likely N-dealkylation sites (N-methyl/N-ethyl adjacent to an activating group) is 1.